The number of aromatic nitrogens is 6. The van der Waals surface area contributed by atoms with Gasteiger partial charge in [-0.1, -0.05) is 0 Å². The number of anilines is 1. The molecule has 1 aliphatic heterocycles. The summed E-state index contributed by atoms with van der Waals surface area (Å²) in [6, 6.07) is 5.30. The van der Waals surface area contributed by atoms with Crippen LogP contribution in [0.15, 0.2) is 36.9 Å². The minimum Gasteiger partial charge on any atom is -0.380 e. The third kappa shape index (κ3) is 3.18. The second kappa shape index (κ2) is 7.00. The Balaban J connectivity index is 1.45. The summed E-state index contributed by atoms with van der Waals surface area (Å²) in [5, 5.41) is 14.2. The van der Waals surface area contributed by atoms with Gasteiger partial charge in [-0.3, -0.25) is 4.79 Å². The zero-order chi connectivity index (χ0) is 17.9. The Kier molecular flexibility index (Phi) is 4.40. The maximum Gasteiger partial charge on any atom is 0.251 e. The highest BCUT2D eigenvalue weighted by Gasteiger charge is 2.33. The van der Waals surface area contributed by atoms with Crippen LogP contribution >= 0.6 is 0 Å². The van der Waals surface area contributed by atoms with Gasteiger partial charge in [0.05, 0.1) is 12.1 Å². The molecule has 10 nitrogen and oxygen atoms in total. The molecule has 0 saturated carbocycles. The maximum absolute atomic E-state index is 12.5. The largest absolute Gasteiger partial charge is 0.380 e. The smallest absolute Gasteiger partial charge is 0.251 e. The van der Waals surface area contributed by atoms with E-state index < -0.39 is 0 Å². The molecule has 1 amide bonds. The summed E-state index contributed by atoms with van der Waals surface area (Å²) in [5.41, 5.74) is 1.04. The number of nitrogens with one attached hydrogen (secondary N) is 1. The summed E-state index contributed by atoms with van der Waals surface area (Å²) in [6.07, 6.45) is 5.81. The van der Waals surface area contributed by atoms with Crippen LogP contribution in [0.3, 0.4) is 0 Å². The predicted octanol–water partition coefficient (Wildman–Crippen LogP) is -0.0620. The zero-order valence-corrected chi connectivity index (χ0v) is 14.2. The van der Waals surface area contributed by atoms with Gasteiger partial charge in [-0.2, -0.15) is 0 Å². The molecule has 3 aromatic rings. The van der Waals surface area contributed by atoms with Gasteiger partial charge in [0.2, 0.25) is 0 Å². The first-order valence-corrected chi connectivity index (χ1v) is 8.26. The van der Waals surface area contributed by atoms with Gasteiger partial charge in [0, 0.05) is 38.2 Å². The molecule has 10 heteroatoms. The van der Waals surface area contributed by atoms with Crippen molar-refractivity contribution in [2.24, 2.45) is 0 Å². The first-order valence-electron chi connectivity index (χ1n) is 8.26. The Labute approximate surface area is 149 Å². The molecule has 0 radical (unpaired) electrons. The fraction of sp³-hybridized carbons (Fsp3) is 0.375. The van der Waals surface area contributed by atoms with Crippen molar-refractivity contribution in [3.8, 4) is 0 Å². The van der Waals surface area contributed by atoms with E-state index >= 15 is 0 Å². The molecule has 2 atom stereocenters. The Bertz CT molecular complexity index is 899. The molecule has 26 heavy (non-hydrogen) atoms. The molecule has 1 saturated heterocycles. The molecule has 3 aromatic heterocycles. The van der Waals surface area contributed by atoms with Crippen molar-refractivity contribution in [1.29, 1.82) is 0 Å². The topological polar surface area (TPSA) is 110 Å². The van der Waals surface area contributed by atoms with Crippen molar-refractivity contribution in [2.45, 2.75) is 18.6 Å². The van der Waals surface area contributed by atoms with E-state index in [1.807, 2.05) is 6.07 Å². The van der Waals surface area contributed by atoms with Crippen LogP contribution in [0.5, 0.6) is 0 Å². The normalized spacial score (nSPS) is 19.8. The lowest BCUT2D eigenvalue weighted by atomic mass is 10.2. The number of carbonyl (C=O) groups excluding carboxylic acids is 1. The Hall–Kier alpha value is -3.14. The maximum atomic E-state index is 12.5. The van der Waals surface area contributed by atoms with Crippen molar-refractivity contribution in [3.05, 3.63) is 42.5 Å². The number of amides is 1. The molecular formula is C16H18N8O2. The molecular weight excluding hydrogens is 336 g/mol. The van der Waals surface area contributed by atoms with Gasteiger partial charge < -0.3 is 15.0 Å². The number of tetrazole rings is 1. The van der Waals surface area contributed by atoms with E-state index in [1.165, 1.54) is 10.8 Å². The van der Waals surface area contributed by atoms with Crippen LogP contribution < -0.4 is 10.2 Å². The molecule has 4 rings (SSSR count). The number of methoxy groups -OCH3 is 1. The lowest BCUT2D eigenvalue weighted by Crippen LogP contribution is -2.40. The summed E-state index contributed by atoms with van der Waals surface area (Å²) in [5.74, 6) is 0.661. The molecule has 0 aromatic carbocycles. The summed E-state index contributed by atoms with van der Waals surface area (Å²) in [4.78, 5) is 22.9. The summed E-state index contributed by atoms with van der Waals surface area (Å²) < 4.78 is 7.01. The highest BCUT2D eigenvalue weighted by Crippen LogP contribution is 2.24. The average Bonchev–Trinajstić information content (AvgIpc) is 3.32. The van der Waals surface area contributed by atoms with Crippen LogP contribution in [0, 0.1) is 0 Å². The van der Waals surface area contributed by atoms with Crippen LogP contribution in [0.1, 0.15) is 16.8 Å². The predicted molar refractivity (Wildman–Crippen MR) is 91.7 cm³/mol. The zero-order valence-electron chi connectivity index (χ0n) is 14.2. The number of pyridine rings is 1. The minimum absolute atomic E-state index is 0.0947. The second-order valence-electron chi connectivity index (χ2n) is 6.07. The van der Waals surface area contributed by atoms with Gasteiger partial charge in [-0.05, 0) is 35.0 Å². The summed E-state index contributed by atoms with van der Waals surface area (Å²) in [6.45, 7) is 1.21. The highest BCUT2D eigenvalue weighted by molar-refractivity contribution is 5.95. The molecule has 0 unspecified atom stereocenters. The van der Waals surface area contributed by atoms with Crippen molar-refractivity contribution in [1.82, 2.24) is 35.3 Å². The lowest BCUT2D eigenvalue weighted by Gasteiger charge is -2.25. The van der Waals surface area contributed by atoms with Gasteiger partial charge in [0.15, 0.2) is 5.65 Å². The van der Waals surface area contributed by atoms with Crippen molar-refractivity contribution < 1.29 is 9.53 Å². The Morgan fingerprint density at radius 2 is 2.35 bits per heavy atom. The molecule has 1 aliphatic rings. The van der Waals surface area contributed by atoms with E-state index in [-0.39, 0.29) is 18.1 Å². The fourth-order valence-corrected chi connectivity index (χ4v) is 3.17. The number of hydrogen-bond donors (Lipinski definition) is 1. The van der Waals surface area contributed by atoms with Crippen LogP contribution in [-0.2, 0) is 4.74 Å². The van der Waals surface area contributed by atoms with Crippen LogP contribution in [0.25, 0.3) is 5.65 Å². The SMILES string of the molecule is CO[C@H]1C[C@@H](CNC(=O)c2ccn3nnnc3c2)N(c2ccncn2)C1. The van der Waals surface area contributed by atoms with E-state index in [4.69, 9.17) is 4.74 Å². The second-order valence-corrected chi connectivity index (χ2v) is 6.07. The first kappa shape index (κ1) is 16.3. The number of ether oxygens (including phenoxy) is 1. The highest BCUT2D eigenvalue weighted by atomic mass is 16.5. The van der Waals surface area contributed by atoms with Crippen molar-refractivity contribution >= 4 is 17.4 Å². The minimum atomic E-state index is -0.168. The summed E-state index contributed by atoms with van der Waals surface area (Å²) >= 11 is 0. The van der Waals surface area contributed by atoms with E-state index in [0.29, 0.717) is 17.8 Å². The third-order valence-corrected chi connectivity index (χ3v) is 4.53. The van der Waals surface area contributed by atoms with Gasteiger partial charge >= 0.3 is 0 Å². The van der Waals surface area contributed by atoms with E-state index in [0.717, 1.165) is 18.8 Å². The van der Waals surface area contributed by atoms with Gasteiger partial charge in [0.25, 0.3) is 5.91 Å². The average molecular weight is 354 g/mol. The molecule has 0 bridgehead atoms. The van der Waals surface area contributed by atoms with Gasteiger partial charge in [-0.15, -0.1) is 5.10 Å². The number of hydrogen-bond acceptors (Lipinski definition) is 8. The molecule has 4 heterocycles. The van der Waals surface area contributed by atoms with Gasteiger partial charge in [-0.25, -0.2) is 14.5 Å². The number of nitrogens with zero attached hydrogens (tertiary/aromatic N) is 7. The molecule has 134 valence electrons. The number of carbonyl (C=O) groups is 1. The molecule has 1 N–H and O–H groups in total. The Morgan fingerprint density at radius 1 is 1.42 bits per heavy atom. The van der Waals surface area contributed by atoms with Crippen molar-refractivity contribution in [2.75, 3.05) is 25.1 Å². The quantitative estimate of drug-likeness (QED) is 0.678. The lowest BCUT2D eigenvalue weighted by molar-refractivity contribution is 0.0946. The fourth-order valence-electron chi connectivity index (χ4n) is 3.17. The number of fused-ring (bicyclic) bond motifs is 1. The van der Waals surface area contributed by atoms with E-state index in [2.05, 4.69) is 35.7 Å². The van der Waals surface area contributed by atoms with Gasteiger partial charge in [0.1, 0.15) is 12.1 Å². The van der Waals surface area contributed by atoms with Crippen molar-refractivity contribution in [3.63, 3.8) is 0 Å². The molecule has 1 fully saturated rings. The van der Waals surface area contributed by atoms with E-state index in [9.17, 15) is 4.79 Å². The number of rotatable bonds is 5. The van der Waals surface area contributed by atoms with Crippen LogP contribution in [-0.4, -0.2) is 68.3 Å². The van der Waals surface area contributed by atoms with Crippen LogP contribution in [0.2, 0.25) is 0 Å². The molecule has 0 spiro atoms. The molecule has 0 aliphatic carbocycles. The monoisotopic (exact) mass is 354 g/mol. The standard InChI is InChI=1S/C16H18N8O2/c1-26-13-7-12(23(9-13)14-2-4-17-10-19-14)8-18-16(25)11-3-5-24-15(6-11)20-21-22-24/h2-6,10,12-13H,7-9H2,1H3,(H,18,25)/t12-,13-/m0/s1. The summed E-state index contributed by atoms with van der Waals surface area (Å²) in [7, 11) is 1.70. The van der Waals surface area contributed by atoms with E-state index in [1.54, 1.807) is 31.6 Å². The van der Waals surface area contributed by atoms with Crippen LogP contribution in [0.4, 0.5) is 5.82 Å². The Morgan fingerprint density at radius 3 is 3.15 bits per heavy atom. The third-order valence-electron chi connectivity index (χ3n) is 4.53. The first-order chi connectivity index (χ1) is 12.7.